The number of rotatable bonds is 2. The van der Waals surface area contributed by atoms with Crippen LogP contribution in [-0.2, 0) is 0 Å². The average molecular weight is 339 g/mol. The number of carbonyl (C=O) groups excluding carboxylic acids is 1. The van der Waals surface area contributed by atoms with Crippen LogP contribution >= 0.6 is 0 Å². The molecule has 3 aromatic rings. The second-order valence-corrected chi connectivity index (χ2v) is 6.80. The van der Waals surface area contributed by atoms with Crippen LogP contribution in [0.25, 0.3) is 11.1 Å². The van der Waals surface area contributed by atoms with Gasteiger partial charge in [-0.15, -0.1) is 0 Å². The molecule has 7 nitrogen and oxygen atoms in total. The molecule has 0 unspecified atom stereocenters. The average Bonchev–Trinajstić information content (AvgIpc) is 3.20. The Morgan fingerprint density at radius 3 is 2.92 bits per heavy atom. The topological polar surface area (TPSA) is 77.0 Å². The maximum atomic E-state index is 13.2. The van der Waals surface area contributed by atoms with E-state index in [1.165, 1.54) is 0 Å². The Morgan fingerprint density at radius 1 is 1.32 bits per heavy atom. The van der Waals surface area contributed by atoms with Gasteiger partial charge in [0.1, 0.15) is 0 Å². The van der Waals surface area contributed by atoms with Gasteiger partial charge in [-0.3, -0.25) is 9.48 Å². The summed E-state index contributed by atoms with van der Waals surface area (Å²) in [6.45, 7) is 7.14. The van der Waals surface area contributed by atoms with Crippen molar-refractivity contribution in [1.29, 1.82) is 0 Å². The minimum atomic E-state index is 0.00961. The highest BCUT2D eigenvalue weighted by atomic mass is 16.5. The quantitative estimate of drug-likeness (QED) is 0.717. The van der Waals surface area contributed by atoms with E-state index in [1.807, 2.05) is 48.8 Å². The summed E-state index contributed by atoms with van der Waals surface area (Å²) in [5.41, 5.74) is 3.64. The number of hydrogen-bond donors (Lipinski definition) is 0. The molecule has 4 rings (SSSR count). The summed E-state index contributed by atoms with van der Waals surface area (Å²) < 4.78 is 7.23. The first kappa shape index (κ1) is 15.8. The molecule has 1 fully saturated rings. The summed E-state index contributed by atoms with van der Waals surface area (Å²) in [5.74, 6) is 0.00961. The summed E-state index contributed by atoms with van der Waals surface area (Å²) in [6.07, 6.45) is 5.89. The Kier molecular flexibility index (Phi) is 3.78. The lowest BCUT2D eigenvalue weighted by molar-refractivity contribution is 0.0674. The molecule has 7 heteroatoms. The first-order valence-corrected chi connectivity index (χ1v) is 8.56. The van der Waals surface area contributed by atoms with Gasteiger partial charge >= 0.3 is 0 Å². The summed E-state index contributed by atoms with van der Waals surface area (Å²) >= 11 is 0. The molecular formula is C18H21N5O2. The predicted molar refractivity (Wildman–Crippen MR) is 92.4 cm³/mol. The molecule has 0 N–H and O–H groups in total. The lowest BCUT2D eigenvalue weighted by atomic mass is 10.0. The van der Waals surface area contributed by atoms with E-state index in [1.54, 1.807) is 0 Å². The summed E-state index contributed by atoms with van der Waals surface area (Å²) in [5, 5.41) is 9.10. The van der Waals surface area contributed by atoms with Crippen molar-refractivity contribution < 1.29 is 9.32 Å². The van der Waals surface area contributed by atoms with E-state index in [9.17, 15) is 4.79 Å². The van der Waals surface area contributed by atoms with E-state index in [2.05, 4.69) is 15.2 Å². The molecule has 1 amide bonds. The van der Waals surface area contributed by atoms with Gasteiger partial charge in [0, 0.05) is 25.0 Å². The SMILES string of the molecule is Cc1cnn([C@@H]2CCCN(C(=O)c3cc(C)nc4onc(C)c34)C2)c1. The van der Waals surface area contributed by atoms with Crippen molar-refractivity contribution in [2.75, 3.05) is 13.1 Å². The van der Waals surface area contributed by atoms with E-state index in [-0.39, 0.29) is 11.9 Å². The van der Waals surface area contributed by atoms with Crippen LogP contribution in [-0.4, -0.2) is 43.8 Å². The molecule has 130 valence electrons. The number of pyridine rings is 1. The number of hydrogen-bond acceptors (Lipinski definition) is 5. The molecule has 0 radical (unpaired) electrons. The van der Waals surface area contributed by atoms with Crippen LogP contribution in [0.4, 0.5) is 0 Å². The van der Waals surface area contributed by atoms with E-state index in [0.29, 0.717) is 28.9 Å². The van der Waals surface area contributed by atoms with Gasteiger partial charge in [0.05, 0.1) is 28.9 Å². The monoisotopic (exact) mass is 339 g/mol. The number of piperidine rings is 1. The smallest absolute Gasteiger partial charge is 0.258 e. The molecule has 0 aromatic carbocycles. The van der Waals surface area contributed by atoms with E-state index in [4.69, 9.17) is 4.52 Å². The minimum Gasteiger partial charge on any atom is -0.336 e. The lowest BCUT2D eigenvalue weighted by Gasteiger charge is -2.33. The Hall–Kier alpha value is -2.70. The summed E-state index contributed by atoms with van der Waals surface area (Å²) in [6, 6.07) is 2.05. The molecule has 1 saturated heterocycles. The van der Waals surface area contributed by atoms with Gasteiger partial charge in [0.15, 0.2) is 0 Å². The number of likely N-dealkylation sites (tertiary alicyclic amines) is 1. The van der Waals surface area contributed by atoms with Crippen LogP contribution in [0, 0.1) is 20.8 Å². The van der Waals surface area contributed by atoms with Crippen LogP contribution in [0.5, 0.6) is 0 Å². The predicted octanol–water partition coefficient (Wildman–Crippen LogP) is 2.82. The second-order valence-electron chi connectivity index (χ2n) is 6.80. The first-order valence-electron chi connectivity index (χ1n) is 8.56. The standard InChI is InChI=1S/C18H21N5O2/c1-11-8-19-23(9-11)14-5-4-6-22(10-14)18(24)15-7-12(2)20-17-16(15)13(3)21-25-17/h7-9,14H,4-6,10H2,1-3H3/t14-/m1/s1. The van der Waals surface area contributed by atoms with E-state index >= 15 is 0 Å². The molecule has 0 spiro atoms. The molecule has 0 saturated carbocycles. The Balaban J connectivity index is 1.65. The van der Waals surface area contributed by atoms with E-state index in [0.717, 1.165) is 30.6 Å². The molecule has 0 bridgehead atoms. The van der Waals surface area contributed by atoms with Crippen molar-refractivity contribution in [3.05, 3.63) is 41.0 Å². The Bertz CT molecular complexity index is 942. The van der Waals surface area contributed by atoms with Crippen molar-refractivity contribution in [3.8, 4) is 0 Å². The summed E-state index contributed by atoms with van der Waals surface area (Å²) in [4.78, 5) is 19.4. The molecule has 25 heavy (non-hydrogen) atoms. The van der Waals surface area contributed by atoms with Crippen LogP contribution < -0.4 is 0 Å². The van der Waals surface area contributed by atoms with Gasteiger partial charge in [-0.2, -0.15) is 5.10 Å². The summed E-state index contributed by atoms with van der Waals surface area (Å²) in [7, 11) is 0. The first-order chi connectivity index (χ1) is 12.0. The fraction of sp³-hybridized carbons (Fsp3) is 0.444. The van der Waals surface area contributed by atoms with Crippen LogP contribution in [0.2, 0.25) is 0 Å². The Labute approximate surface area is 145 Å². The highest BCUT2D eigenvalue weighted by molar-refractivity contribution is 6.06. The third kappa shape index (κ3) is 2.79. The van der Waals surface area contributed by atoms with Gasteiger partial charge in [-0.25, -0.2) is 4.98 Å². The fourth-order valence-corrected chi connectivity index (χ4v) is 3.54. The third-order valence-corrected chi connectivity index (χ3v) is 4.76. The maximum Gasteiger partial charge on any atom is 0.258 e. The Morgan fingerprint density at radius 2 is 2.16 bits per heavy atom. The number of amides is 1. The third-order valence-electron chi connectivity index (χ3n) is 4.76. The zero-order valence-corrected chi connectivity index (χ0v) is 14.7. The largest absolute Gasteiger partial charge is 0.336 e. The molecule has 1 atom stereocenters. The maximum absolute atomic E-state index is 13.2. The van der Waals surface area contributed by atoms with Crippen LogP contribution in [0.1, 0.15) is 46.2 Å². The molecule has 1 aliphatic heterocycles. The van der Waals surface area contributed by atoms with Crippen molar-refractivity contribution in [2.24, 2.45) is 0 Å². The molecule has 1 aliphatic rings. The van der Waals surface area contributed by atoms with Crippen LogP contribution in [0.3, 0.4) is 0 Å². The number of carbonyl (C=O) groups is 1. The zero-order valence-electron chi connectivity index (χ0n) is 14.7. The van der Waals surface area contributed by atoms with Crippen molar-refractivity contribution in [2.45, 2.75) is 39.7 Å². The highest BCUT2D eigenvalue weighted by Gasteiger charge is 2.28. The van der Waals surface area contributed by atoms with Crippen LogP contribution in [0.15, 0.2) is 23.0 Å². The number of aryl methyl sites for hydroxylation is 3. The van der Waals surface area contributed by atoms with E-state index < -0.39 is 0 Å². The number of nitrogens with zero attached hydrogens (tertiary/aromatic N) is 5. The number of aromatic nitrogens is 4. The lowest BCUT2D eigenvalue weighted by Crippen LogP contribution is -2.41. The highest BCUT2D eigenvalue weighted by Crippen LogP contribution is 2.27. The molecule has 4 heterocycles. The zero-order chi connectivity index (χ0) is 17.6. The molecule has 3 aromatic heterocycles. The second kappa shape index (κ2) is 5.98. The van der Waals surface area contributed by atoms with Gasteiger partial charge in [0.25, 0.3) is 11.6 Å². The molecule has 0 aliphatic carbocycles. The molecular weight excluding hydrogens is 318 g/mol. The van der Waals surface area contributed by atoms with Crippen molar-refractivity contribution >= 4 is 17.0 Å². The number of fused-ring (bicyclic) bond motifs is 1. The fourth-order valence-electron chi connectivity index (χ4n) is 3.54. The van der Waals surface area contributed by atoms with Crippen molar-refractivity contribution in [1.82, 2.24) is 24.8 Å². The van der Waals surface area contributed by atoms with Crippen molar-refractivity contribution in [3.63, 3.8) is 0 Å². The van der Waals surface area contributed by atoms with Gasteiger partial charge in [0.2, 0.25) is 0 Å². The van der Waals surface area contributed by atoms with Gasteiger partial charge < -0.3 is 9.42 Å². The normalized spacial score (nSPS) is 18.0. The van der Waals surface area contributed by atoms with Gasteiger partial charge in [-0.1, -0.05) is 5.16 Å². The minimum absolute atomic E-state index is 0.00961. The van der Waals surface area contributed by atoms with Gasteiger partial charge in [-0.05, 0) is 45.2 Å².